The van der Waals surface area contributed by atoms with Gasteiger partial charge in [0.2, 0.25) is 0 Å². The molecule has 0 saturated heterocycles. The van der Waals surface area contributed by atoms with Gasteiger partial charge in [-0.2, -0.15) is 0 Å². The Kier molecular flexibility index (Phi) is 4.89. The zero-order valence-electron chi connectivity index (χ0n) is 11.1. The molecule has 0 heterocycles. The smallest absolute Gasteiger partial charge is 0.261 e. The van der Waals surface area contributed by atoms with Crippen LogP contribution in [0.4, 0.5) is 10.1 Å². The number of anilines is 1. The predicted octanol–water partition coefficient (Wildman–Crippen LogP) is 2.06. The van der Waals surface area contributed by atoms with Crippen molar-refractivity contribution in [2.24, 2.45) is 5.90 Å². The molecule has 2 aromatic rings. The van der Waals surface area contributed by atoms with E-state index in [1.165, 1.54) is 30.3 Å². The fraction of sp³-hybridized carbons (Fsp3) is 0.143. The predicted molar refractivity (Wildman–Crippen MR) is 77.5 cm³/mol. The first-order chi connectivity index (χ1) is 10.0. The summed E-state index contributed by atoms with van der Waals surface area (Å²) in [6.07, 6.45) is 0.581. The molecule has 0 spiro atoms. The van der Waals surface area contributed by atoms with E-state index in [4.69, 9.17) is 5.90 Å². The molecule has 0 atom stereocenters. The highest BCUT2D eigenvalue weighted by Gasteiger charge is 2.15. The SMILES string of the molecule is NOCCc1ccc(S(=O)(=O)Nc2ccccc2F)cc1. The maximum atomic E-state index is 13.5. The normalized spacial score (nSPS) is 11.3. The molecular weight excluding hydrogens is 295 g/mol. The lowest BCUT2D eigenvalue weighted by molar-refractivity contribution is 0.141. The van der Waals surface area contributed by atoms with Crippen LogP contribution in [0.25, 0.3) is 0 Å². The minimum Gasteiger partial charge on any atom is -0.304 e. The van der Waals surface area contributed by atoms with Crippen molar-refractivity contribution >= 4 is 15.7 Å². The largest absolute Gasteiger partial charge is 0.304 e. The van der Waals surface area contributed by atoms with Crippen LogP contribution in [0.2, 0.25) is 0 Å². The maximum Gasteiger partial charge on any atom is 0.261 e. The van der Waals surface area contributed by atoms with Gasteiger partial charge in [-0.3, -0.25) is 4.72 Å². The van der Waals surface area contributed by atoms with Crippen molar-refractivity contribution < 1.29 is 17.6 Å². The molecule has 0 aliphatic carbocycles. The van der Waals surface area contributed by atoms with Gasteiger partial charge in [0.1, 0.15) is 5.82 Å². The molecule has 0 fully saturated rings. The van der Waals surface area contributed by atoms with Gasteiger partial charge >= 0.3 is 0 Å². The second kappa shape index (κ2) is 6.66. The molecule has 0 radical (unpaired) electrons. The van der Waals surface area contributed by atoms with Crippen LogP contribution in [-0.2, 0) is 21.3 Å². The lowest BCUT2D eigenvalue weighted by Gasteiger charge is -2.09. The van der Waals surface area contributed by atoms with E-state index in [0.717, 1.165) is 5.56 Å². The van der Waals surface area contributed by atoms with Gasteiger partial charge in [0.05, 0.1) is 17.2 Å². The molecule has 0 unspecified atom stereocenters. The summed E-state index contributed by atoms with van der Waals surface area (Å²) in [7, 11) is -3.82. The van der Waals surface area contributed by atoms with Gasteiger partial charge in [0.25, 0.3) is 10.0 Å². The molecule has 2 aromatic carbocycles. The number of para-hydroxylation sites is 1. The summed E-state index contributed by atoms with van der Waals surface area (Å²) in [6.45, 7) is 0.347. The summed E-state index contributed by atoms with van der Waals surface area (Å²) in [4.78, 5) is 4.52. The van der Waals surface area contributed by atoms with Crippen molar-refractivity contribution in [3.8, 4) is 0 Å². The molecule has 0 aliphatic heterocycles. The first kappa shape index (κ1) is 15.4. The average molecular weight is 310 g/mol. The molecule has 21 heavy (non-hydrogen) atoms. The Balaban J connectivity index is 2.18. The summed E-state index contributed by atoms with van der Waals surface area (Å²) >= 11 is 0. The van der Waals surface area contributed by atoms with E-state index in [0.29, 0.717) is 13.0 Å². The van der Waals surface area contributed by atoms with E-state index in [-0.39, 0.29) is 10.6 Å². The van der Waals surface area contributed by atoms with E-state index in [1.54, 1.807) is 18.2 Å². The van der Waals surface area contributed by atoms with Crippen molar-refractivity contribution in [3.05, 3.63) is 59.9 Å². The third-order valence-corrected chi connectivity index (χ3v) is 4.24. The molecule has 5 nitrogen and oxygen atoms in total. The van der Waals surface area contributed by atoms with E-state index < -0.39 is 15.8 Å². The number of nitrogens with two attached hydrogens (primary N) is 1. The summed E-state index contributed by atoms with van der Waals surface area (Å²) < 4.78 is 40.0. The quantitative estimate of drug-likeness (QED) is 0.800. The molecular formula is C14H15FN2O3S. The van der Waals surface area contributed by atoms with Gasteiger partial charge in [-0.25, -0.2) is 18.7 Å². The monoisotopic (exact) mass is 310 g/mol. The molecule has 0 bridgehead atoms. The molecule has 7 heteroatoms. The van der Waals surface area contributed by atoms with Gasteiger partial charge in [0.15, 0.2) is 0 Å². The standard InChI is InChI=1S/C14H15FN2O3S/c15-13-3-1-2-4-14(13)17-21(18,19)12-7-5-11(6-8-12)9-10-20-16/h1-8,17H,9-10,16H2. The Morgan fingerprint density at radius 3 is 2.38 bits per heavy atom. The van der Waals surface area contributed by atoms with Gasteiger partial charge in [-0.05, 0) is 36.2 Å². The Morgan fingerprint density at radius 1 is 1.10 bits per heavy atom. The van der Waals surface area contributed by atoms with Gasteiger partial charge in [-0.15, -0.1) is 0 Å². The van der Waals surface area contributed by atoms with E-state index in [2.05, 4.69) is 9.56 Å². The summed E-state index contributed by atoms with van der Waals surface area (Å²) in [6, 6.07) is 11.8. The van der Waals surface area contributed by atoms with Crippen LogP contribution < -0.4 is 10.6 Å². The van der Waals surface area contributed by atoms with Crippen molar-refractivity contribution in [2.45, 2.75) is 11.3 Å². The second-order valence-corrected chi connectivity index (χ2v) is 6.03. The number of nitrogens with one attached hydrogen (secondary N) is 1. The Morgan fingerprint density at radius 2 is 1.76 bits per heavy atom. The van der Waals surface area contributed by atoms with E-state index >= 15 is 0 Å². The molecule has 3 N–H and O–H groups in total. The van der Waals surface area contributed by atoms with E-state index in [1.807, 2.05) is 0 Å². The second-order valence-electron chi connectivity index (χ2n) is 4.35. The van der Waals surface area contributed by atoms with Crippen LogP contribution in [0, 0.1) is 5.82 Å². The van der Waals surface area contributed by atoms with Crippen LogP contribution in [0.1, 0.15) is 5.56 Å². The molecule has 112 valence electrons. The number of hydrogen-bond donors (Lipinski definition) is 2. The third-order valence-electron chi connectivity index (χ3n) is 2.86. The van der Waals surface area contributed by atoms with Crippen molar-refractivity contribution in [3.63, 3.8) is 0 Å². The van der Waals surface area contributed by atoms with Crippen LogP contribution in [0.5, 0.6) is 0 Å². The number of halogens is 1. The van der Waals surface area contributed by atoms with Crippen LogP contribution in [0.15, 0.2) is 53.4 Å². The number of rotatable bonds is 6. The zero-order chi connectivity index (χ0) is 15.3. The summed E-state index contributed by atoms with van der Waals surface area (Å²) in [5, 5.41) is 0. The van der Waals surface area contributed by atoms with Gasteiger partial charge in [-0.1, -0.05) is 24.3 Å². The first-order valence-corrected chi connectivity index (χ1v) is 7.69. The Hall–Kier alpha value is -1.96. The van der Waals surface area contributed by atoms with Crippen LogP contribution in [0.3, 0.4) is 0 Å². The highest BCUT2D eigenvalue weighted by Crippen LogP contribution is 2.19. The van der Waals surface area contributed by atoms with E-state index in [9.17, 15) is 12.8 Å². The van der Waals surface area contributed by atoms with Crippen molar-refractivity contribution in [1.29, 1.82) is 0 Å². The summed E-state index contributed by atoms with van der Waals surface area (Å²) in [5.74, 6) is 4.31. The number of benzene rings is 2. The third kappa shape index (κ3) is 4.01. The highest BCUT2D eigenvalue weighted by atomic mass is 32.2. The topological polar surface area (TPSA) is 81.4 Å². The molecule has 0 aliphatic rings. The lowest BCUT2D eigenvalue weighted by atomic mass is 10.2. The number of sulfonamides is 1. The maximum absolute atomic E-state index is 13.5. The highest BCUT2D eigenvalue weighted by molar-refractivity contribution is 7.92. The fourth-order valence-electron chi connectivity index (χ4n) is 1.76. The zero-order valence-corrected chi connectivity index (χ0v) is 11.9. The minimum atomic E-state index is -3.82. The number of hydrogen-bond acceptors (Lipinski definition) is 4. The van der Waals surface area contributed by atoms with Gasteiger partial charge < -0.3 is 4.84 Å². The van der Waals surface area contributed by atoms with Gasteiger partial charge in [0, 0.05) is 0 Å². The molecule has 0 saturated carbocycles. The Labute approximate surface area is 122 Å². The molecule has 0 aromatic heterocycles. The Bertz CT molecular complexity index is 702. The van der Waals surface area contributed by atoms with Crippen LogP contribution in [-0.4, -0.2) is 15.0 Å². The lowest BCUT2D eigenvalue weighted by Crippen LogP contribution is -2.14. The molecule has 0 amide bonds. The van der Waals surface area contributed by atoms with Crippen molar-refractivity contribution in [2.75, 3.05) is 11.3 Å². The first-order valence-electron chi connectivity index (χ1n) is 6.21. The summed E-state index contributed by atoms with van der Waals surface area (Å²) in [5.41, 5.74) is 0.809. The average Bonchev–Trinajstić information content (AvgIpc) is 2.48. The minimum absolute atomic E-state index is 0.0585. The molecule has 2 rings (SSSR count). The van der Waals surface area contributed by atoms with Crippen molar-refractivity contribution in [1.82, 2.24) is 0 Å². The fourth-order valence-corrected chi connectivity index (χ4v) is 2.83. The van der Waals surface area contributed by atoms with Crippen LogP contribution >= 0.6 is 0 Å².